The van der Waals surface area contributed by atoms with Crippen molar-refractivity contribution in [3.63, 3.8) is 0 Å². The molecule has 2 aromatic heterocycles. The first-order valence-corrected chi connectivity index (χ1v) is 6.76. The smallest absolute Gasteiger partial charge is 0.123 e. The van der Waals surface area contributed by atoms with E-state index in [1.807, 2.05) is 12.3 Å². The van der Waals surface area contributed by atoms with Crippen LogP contribution in [0.2, 0.25) is 0 Å². The molecule has 4 heteroatoms. The topological polar surface area (TPSA) is 42.1 Å². The molecule has 0 spiro atoms. The summed E-state index contributed by atoms with van der Waals surface area (Å²) >= 11 is 1.75. The van der Waals surface area contributed by atoms with Gasteiger partial charge in [0.05, 0.1) is 11.9 Å². The maximum absolute atomic E-state index is 5.63. The molecule has 0 unspecified atom stereocenters. The standard InChI is InChI=1S/C13H15N3S/c14-13-4-3-12(7-15-13)16(11-1-2-11)8-10-5-6-17-9-10/h3-7,9,11H,1-2,8H2,(H2,14,15). The molecule has 2 N–H and O–H groups in total. The Hall–Kier alpha value is -1.55. The Labute approximate surface area is 105 Å². The Morgan fingerprint density at radius 3 is 2.82 bits per heavy atom. The number of rotatable bonds is 4. The zero-order valence-electron chi connectivity index (χ0n) is 9.54. The largest absolute Gasteiger partial charge is 0.384 e. The Bertz CT molecular complexity index is 474. The summed E-state index contributed by atoms with van der Waals surface area (Å²) in [4.78, 5) is 6.60. The van der Waals surface area contributed by atoms with Crippen molar-refractivity contribution in [3.05, 3.63) is 40.7 Å². The highest BCUT2D eigenvalue weighted by molar-refractivity contribution is 7.07. The van der Waals surface area contributed by atoms with Crippen LogP contribution < -0.4 is 10.6 Å². The molecule has 0 amide bonds. The van der Waals surface area contributed by atoms with Gasteiger partial charge in [0.1, 0.15) is 5.82 Å². The lowest BCUT2D eigenvalue weighted by molar-refractivity contribution is 0.794. The summed E-state index contributed by atoms with van der Waals surface area (Å²) in [7, 11) is 0. The lowest BCUT2D eigenvalue weighted by Gasteiger charge is -2.23. The number of hydrogen-bond donors (Lipinski definition) is 1. The van der Waals surface area contributed by atoms with Gasteiger partial charge in [-0.3, -0.25) is 0 Å². The van der Waals surface area contributed by atoms with Gasteiger partial charge in [0, 0.05) is 12.6 Å². The normalized spacial score (nSPS) is 14.8. The van der Waals surface area contributed by atoms with Gasteiger partial charge in [-0.2, -0.15) is 11.3 Å². The van der Waals surface area contributed by atoms with Gasteiger partial charge in [0.25, 0.3) is 0 Å². The molecule has 0 radical (unpaired) electrons. The molecule has 2 aromatic rings. The fourth-order valence-corrected chi connectivity index (χ4v) is 2.62. The van der Waals surface area contributed by atoms with Gasteiger partial charge in [-0.15, -0.1) is 0 Å². The SMILES string of the molecule is Nc1ccc(N(Cc2ccsc2)C2CC2)cn1. The zero-order chi connectivity index (χ0) is 11.7. The molecular formula is C13H15N3S. The molecule has 1 fully saturated rings. The van der Waals surface area contributed by atoms with Crippen LogP contribution in [0.25, 0.3) is 0 Å². The van der Waals surface area contributed by atoms with Crippen LogP contribution in [0.4, 0.5) is 11.5 Å². The van der Waals surface area contributed by atoms with Crippen LogP contribution >= 0.6 is 11.3 Å². The van der Waals surface area contributed by atoms with Gasteiger partial charge in [0.2, 0.25) is 0 Å². The first kappa shape index (κ1) is 10.6. The molecule has 3 nitrogen and oxygen atoms in total. The van der Waals surface area contributed by atoms with E-state index in [0.717, 1.165) is 6.54 Å². The van der Waals surface area contributed by atoms with E-state index < -0.39 is 0 Å². The van der Waals surface area contributed by atoms with Crippen molar-refractivity contribution >= 4 is 22.8 Å². The molecule has 0 aliphatic heterocycles. The minimum absolute atomic E-state index is 0.583. The molecule has 0 aromatic carbocycles. The summed E-state index contributed by atoms with van der Waals surface area (Å²) in [5.41, 5.74) is 8.17. The maximum atomic E-state index is 5.63. The van der Waals surface area contributed by atoms with Gasteiger partial charge in [-0.1, -0.05) is 0 Å². The first-order chi connectivity index (χ1) is 8.33. The molecule has 3 rings (SSSR count). The highest BCUT2D eigenvalue weighted by Crippen LogP contribution is 2.33. The lowest BCUT2D eigenvalue weighted by atomic mass is 10.2. The van der Waals surface area contributed by atoms with E-state index in [4.69, 9.17) is 5.73 Å². The number of hydrogen-bond acceptors (Lipinski definition) is 4. The van der Waals surface area contributed by atoms with Gasteiger partial charge in [-0.05, 0) is 47.4 Å². The molecule has 1 saturated carbocycles. The quantitative estimate of drug-likeness (QED) is 0.900. The van der Waals surface area contributed by atoms with Crippen molar-refractivity contribution in [2.75, 3.05) is 10.6 Å². The van der Waals surface area contributed by atoms with Gasteiger partial charge < -0.3 is 10.6 Å². The van der Waals surface area contributed by atoms with Gasteiger partial charge in [-0.25, -0.2) is 4.98 Å². The third-order valence-electron chi connectivity index (χ3n) is 3.02. The zero-order valence-corrected chi connectivity index (χ0v) is 10.4. The van der Waals surface area contributed by atoms with E-state index in [1.54, 1.807) is 11.3 Å². The number of anilines is 2. The van der Waals surface area contributed by atoms with E-state index in [0.29, 0.717) is 11.9 Å². The third-order valence-corrected chi connectivity index (χ3v) is 3.76. The van der Waals surface area contributed by atoms with E-state index in [1.165, 1.54) is 24.1 Å². The Kier molecular flexibility index (Phi) is 2.73. The van der Waals surface area contributed by atoms with E-state index >= 15 is 0 Å². The first-order valence-electron chi connectivity index (χ1n) is 5.82. The fourth-order valence-electron chi connectivity index (χ4n) is 1.96. The van der Waals surface area contributed by atoms with Crippen LogP contribution in [-0.4, -0.2) is 11.0 Å². The molecule has 0 bridgehead atoms. The molecule has 17 heavy (non-hydrogen) atoms. The molecule has 1 aliphatic carbocycles. The highest BCUT2D eigenvalue weighted by Gasteiger charge is 2.29. The second-order valence-electron chi connectivity index (χ2n) is 4.43. The lowest BCUT2D eigenvalue weighted by Crippen LogP contribution is -2.24. The number of nitrogen functional groups attached to an aromatic ring is 1. The van der Waals surface area contributed by atoms with Crippen molar-refractivity contribution in [3.8, 4) is 0 Å². The van der Waals surface area contributed by atoms with Crippen LogP contribution in [0.15, 0.2) is 35.2 Å². The number of pyridine rings is 1. The van der Waals surface area contributed by atoms with Gasteiger partial charge >= 0.3 is 0 Å². The minimum Gasteiger partial charge on any atom is -0.384 e. The molecular weight excluding hydrogens is 230 g/mol. The summed E-state index contributed by atoms with van der Waals surface area (Å²) in [6.07, 6.45) is 4.45. The van der Waals surface area contributed by atoms with Crippen LogP contribution in [0.3, 0.4) is 0 Å². The van der Waals surface area contributed by atoms with Crippen molar-refractivity contribution in [2.24, 2.45) is 0 Å². The average Bonchev–Trinajstić information content (AvgIpc) is 3.05. The van der Waals surface area contributed by atoms with Gasteiger partial charge in [0.15, 0.2) is 0 Å². The second kappa shape index (κ2) is 4.37. The minimum atomic E-state index is 0.583. The molecule has 2 heterocycles. The monoisotopic (exact) mass is 245 g/mol. The predicted octanol–water partition coefficient (Wildman–Crippen LogP) is 2.89. The molecule has 88 valence electrons. The van der Waals surface area contributed by atoms with E-state index in [9.17, 15) is 0 Å². The number of aromatic nitrogens is 1. The van der Waals surface area contributed by atoms with Crippen molar-refractivity contribution in [2.45, 2.75) is 25.4 Å². The molecule has 1 aliphatic rings. The molecule has 0 saturated heterocycles. The van der Waals surface area contributed by atoms with Crippen molar-refractivity contribution < 1.29 is 0 Å². The van der Waals surface area contributed by atoms with Crippen molar-refractivity contribution in [1.82, 2.24) is 4.98 Å². The highest BCUT2D eigenvalue weighted by atomic mass is 32.1. The summed E-state index contributed by atoms with van der Waals surface area (Å²) in [5, 5.41) is 4.34. The Balaban J connectivity index is 1.82. The summed E-state index contributed by atoms with van der Waals surface area (Å²) in [6.45, 7) is 0.972. The van der Waals surface area contributed by atoms with E-state index in [-0.39, 0.29) is 0 Å². The fraction of sp³-hybridized carbons (Fsp3) is 0.308. The van der Waals surface area contributed by atoms with Crippen molar-refractivity contribution in [1.29, 1.82) is 0 Å². The van der Waals surface area contributed by atoms with Crippen LogP contribution in [0.1, 0.15) is 18.4 Å². The predicted molar refractivity (Wildman–Crippen MR) is 72.2 cm³/mol. The number of thiophene rings is 1. The van der Waals surface area contributed by atoms with Crippen LogP contribution in [-0.2, 0) is 6.54 Å². The van der Waals surface area contributed by atoms with E-state index in [2.05, 4.69) is 32.8 Å². The summed E-state index contributed by atoms with van der Waals surface area (Å²) in [6, 6.07) is 6.80. The Morgan fingerprint density at radius 1 is 1.35 bits per heavy atom. The molecule has 0 atom stereocenters. The third kappa shape index (κ3) is 2.42. The Morgan fingerprint density at radius 2 is 2.24 bits per heavy atom. The van der Waals surface area contributed by atoms with Crippen LogP contribution in [0.5, 0.6) is 0 Å². The number of nitrogens with two attached hydrogens (primary N) is 1. The number of nitrogens with zero attached hydrogens (tertiary/aromatic N) is 2. The summed E-state index contributed by atoms with van der Waals surface area (Å²) < 4.78 is 0. The van der Waals surface area contributed by atoms with Crippen LogP contribution in [0, 0.1) is 0 Å². The second-order valence-corrected chi connectivity index (χ2v) is 5.21. The maximum Gasteiger partial charge on any atom is 0.123 e. The average molecular weight is 245 g/mol. The summed E-state index contributed by atoms with van der Waals surface area (Å²) in [5.74, 6) is 0.583.